The van der Waals surface area contributed by atoms with E-state index in [-0.39, 0.29) is 4.90 Å². The van der Waals surface area contributed by atoms with Crippen LogP contribution in [0.25, 0.3) is 0 Å². The predicted octanol–water partition coefficient (Wildman–Crippen LogP) is 4.88. The molecule has 0 spiro atoms. The van der Waals surface area contributed by atoms with Gasteiger partial charge in [0, 0.05) is 31.5 Å². The van der Waals surface area contributed by atoms with Crippen molar-refractivity contribution in [3.8, 4) is 5.88 Å². The molecule has 0 amide bonds. The third-order valence-electron chi connectivity index (χ3n) is 5.16. The highest BCUT2D eigenvalue weighted by molar-refractivity contribution is 7.92. The summed E-state index contributed by atoms with van der Waals surface area (Å²) >= 11 is 0. The van der Waals surface area contributed by atoms with Crippen molar-refractivity contribution in [2.45, 2.75) is 25.0 Å². The van der Waals surface area contributed by atoms with Crippen LogP contribution in [0.2, 0.25) is 0 Å². The Balaban J connectivity index is 1.38. The first kappa shape index (κ1) is 23.3. The highest BCUT2D eigenvalue weighted by Crippen LogP contribution is 2.23. The minimum atomic E-state index is -3.70. The summed E-state index contributed by atoms with van der Waals surface area (Å²) in [5.74, 6) is 1.11. The number of sulfonamides is 1. The van der Waals surface area contributed by atoms with Crippen molar-refractivity contribution in [3.05, 3.63) is 108 Å². The van der Waals surface area contributed by atoms with E-state index in [1.165, 1.54) is 10.5 Å². The van der Waals surface area contributed by atoms with Gasteiger partial charge in [0.1, 0.15) is 17.3 Å². The third kappa shape index (κ3) is 5.71. The number of aromatic nitrogens is 2. The summed E-state index contributed by atoms with van der Waals surface area (Å²) in [6, 6.07) is 25.9. The van der Waals surface area contributed by atoms with Crippen LogP contribution < -0.4 is 14.4 Å². The SMILES string of the molecule is CCN(c1ccccc1)S(=O)(=O)c1ccc(NCc2ccnc(OCc3ccccc3)c2)nc1. The molecule has 2 aromatic carbocycles. The van der Waals surface area contributed by atoms with Crippen LogP contribution in [0, 0.1) is 0 Å². The van der Waals surface area contributed by atoms with Crippen molar-refractivity contribution in [3.63, 3.8) is 0 Å². The van der Waals surface area contributed by atoms with Crippen LogP contribution in [0.5, 0.6) is 5.88 Å². The molecule has 0 aliphatic heterocycles. The molecule has 0 unspecified atom stereocenters. The minimum absolute atomic E-state index is 0.143. The van der Waals surface area contributed by atoms with Gasteiger partial charge in [-0.3, -0.25) is 4.31 Å². The quantitative estimate of drug-likeness (QED) is 0.353. The topological polar surface area (TPSA) is 84.4 Å². The molecule has 0 saturated carbocycles. The van der Waals surface area contributed by atoms with Gasteiger partial charge in [-0.25, -0.2) is 18.4 Å². The molecule has 174 valence electrons. The van der Waals surface area contributed by atoms with Gasteiger partial charge in [-0.1, -0.05) is 48.5 Å². The second-order valence-electron chi connectivity index (χ2n) is 7.51. The van der Waals surface area contributed by atoms with Crippen molar-refractivity contribution in [2.75, 3.05) is 16.2 Å². The van der Waals surface area contributed by atoms with Crippen LogP contribution in [0.4, 0.5) is 11.5 Å². The molecule has 0 atom stereocenters. The van der Waals surface area contributed by atoms with E-state index in [2.05, 4.69) is 15.3 Å². The summed E-state index contributed by atoms with van der Waals surface area (Å²) in [5, 5.41) is 3.21. The number of para-hydroxylation sites is 1. The summed E-state index contributed by atoms with van der Waals surface area (Å²) in [5.41, 5.74) is 2.66. The zero-order valence-electron chi connectivity index (χ0n) is 18.8. The molecule has 4 aromatic rings. The Morgan fingerprint density at radius 2 is 1.62 bits per heavy atom. The second kappa shape index (κ2) is 10.8. The van der Waals surface area contributed by atoms with Crippen molar-refractivity contribution in [2.24, 2.45) is 0 Å². The third-order valence-corrected chi connectivity index (χ3v) is 7.04. The Hall–Kier alpha value is -3.91. The van der Waals surface area contributed by atoms with Crippen LogP contribution in [0.3, 0.4) is 0 Å². The number of rotatable bonds is 10. The van der Waals surface area contributed by atoms with E-state index in [1.807, 2.05) is 60.7 Å². The molecule has 2 aromatic heterocycles. The number of ether oxygens (including phenoxy) is 1. The Morgan fingerprint density at radius 1 is 0.882 bits per heavy atom. The normalized spacial score (nSPS) is 11.1. The maximum Gasteiger partial charge on any atom is 0.265 e. The fourth-order valence-corrected chi connectivity index (χ4v) is 4.83. The molecular formula is C26H26N4O3S. The number of nitrogens with zero attached hydrogens (tertiary/aromatic N) is 3. The van der Waals surface area contributed by atoms with Crippen LogP contribution in [0.1, 0.15) is 18.1 Å². The molecule has 0 radical (unpaired) electrons. The summed E-state index contributed by atoms with van der Waals surface area (Å²) in [6.07, 6.45) is 3.08. The molecule has 7 nitrogen and oxygen atoms in total. The fourth-order valence-electron chi connectivity index (χ4n) is 3.41. The van der Waals surface area contributed by atoms with Gasteiger partial charge in [-0.05, 0) is 48.4 Å². The van der Waals surface area contributed by atoms with Gasteiger partial charge in [0.15, 0.2) is 0 Å². The van der Waals surface area contributed by atoms with E-state index in [4.69, 9.17) is 4.74 Å². The lowest BCUT2D eigenvalue weighted by Crippen LogP contribution is -2.30. The minimum Gasteiger partial charge on any atom is -0.473 e. The number of anilines is 2. The number of pyridine rings is 2. The maximum atomic E-state index is 13.1. The highest BCUT2D eigenvalue weighted by Gasteiger charge is 2.23. The molecule has 0 aliphatic rings. The summed E-state index contributed by atoms with van der Waals surface area (Å²) in [6.45, 7) is 3.07. The lowest BCUT2D eigenvalue weighted by Gasteiger charge is -2.22. The number of nitrogens with one attached hydrogen (secondary N) is 1. The van der Waals surface area contributed by atoms with Crippen molar-refractivity contribution in [1.29, 1.82) is 0 Å². The van der Waals surface area contributed by atoms with Crippen LogP contribution in [-0.4, -0.2) is 24.9 Å². The zero-order valence-corrected chi connectivity index (χ0v) is 19.7. The van der Waals surface area contributed by atoms with E-state index >= 15 is 0 Å². The van der Waals surface area contributed by atoms with E-state index in [9.17, 15) is 8.42 Å². The first-order chi connectivity index (χ1) is 16.6. The van der Waals surface area contributed by atoms with E-state index in [0.717, 1.165) is 11.1 Å². The highest BCUT2D eigenvalue weighted by atomic mass is 32.2. The molecule has 34 heavy (non-hydrogen) atoms. The smallest absolute Gasteiger partial charge is 0.265 e. The molecule has 0 bridgehead atoms. The average Bonchev–Trinajstić information content (AvgIpc) is 2.88. The Kier molecular flexibility index (Phi) is 7.39. The van der Waals surface area contributed by atoms with Gasteiger partial charge in [0.2, 0.25) is 5.88 Å². The van der Waals surface area contributed by atoms with Gasteiger partial charge >= 0.3 is 0 Å². The van der Waals surface area contributed by atoms with Crippen molar-refractivity contribution >= 4 is 21.5 Å². The van der Waals surface area contributed by atoms with Gasteiger partial charge in [0.05, 0.1) is 5.69 Å². The standard InChI is InChI=1S/C26H26N4O3S/c1-2-30(23-11-7-4-8-12-23)34(31,32)24-13-14-25(29-19-24)28-18-22-15-16-27-26(17-22)33-20-21-9-5-3-6-10-21/h3-17,19H,2,18,20H2,1H3,(H,28,29). The largest absolute Gasteiger partial charge is 0.473 e. The Morgan fingerprint density at radius 3 is 2.29 bits per heavy atom. The van der Waals surface area contributed by atoms with Crippen LogP contribution in [0.15, 0.2) is 102 Å². The maximum absolute atomic E-state index is 13.1. The van der Waals surface area contributed by atoms with E-state index in [0.29, 0.717) is 37.1 Å². The van der Waals surface area contributed by atoms with Gasteiger partial charge in [-0.2, -0.15) is 0 Å². The van der Waals surface area contributed by atoms with Crippen molar-refractivity contribution in [1.82, 2.24) is 9.97 Å². The first-order valence-corrected chi connectivity index (χ1v) is 12.4. The molecule has 4 rings (SSSR count). The average molecular weight is 475 g/mol. The van der Waals surface area contributed by atoms with E-state index in [1.54, 1.807) is 37.4 Å². The second-order valence-corrected chi connectivity index (χ2v) is 9.38. The van der Waals surface area contributed by atoms with Gasteiger partial charge < -0.3 is 10.1 Å². The summed E-state index contributed by atoms with van der Waals surface area (Å²) in [4.78, 5) is 8.71. The summed E-state index contributed by atoms with van der Waals surface area (Å²) in [7, 11) is -3.70. The molecule has 0 fully saturated rings. The lowest BCUT2D eigenvalue weighted by atomic mass is 10.2. The lowest BCUT2D eigenvalue weighted by molar-refractivity contribution is 0.293. The van der Waals surface area contributed by atoms with Gasteiger partial charge in [-0.15, -0.1) is 0 Å². The molecule has 1 N–H and O–H groups in total. The molecule has 8 heteroatoms. The molecular weight excluding hydrogens is 448 g/mol. The number of hydrogen-bond donors (Lipinski definition) is 1. The fraction of sp³-hybridized carbons (Fsp3) is 0.154. The number of benzene rings is 2. The summed E-state index contributed by atoms with van der Waals surface area (Å²) < 4.78 is 33.3. The van der Waals surface area contributed by atoms with Gasteiger partial charge in [0.25, 0.3) is 10.0 Å². The number of hydrogen-bond acceptors (Lipinski definition) is 6. The van der Waals surface area contributed by atoms with Crippen LogP contribution >= 0.6 is 0 Å². The Bertz CT molecular complexity index is 1300. The predicted molar refractivity (Wildman–Crippen MR) is 133 cm³/mol. The molecule has 2 heterocycles. The first-order valence-electron chi connectivity index (χ1n) is 11.0. The Labute approximate surface area is 200 Å². The molecule has 0 saturated heterocycles. The zero-order chi connectivity index (χ0) is 23.8. The van der Waals surface area contributed by atoms with Crippen LogP contribution in [-0.2, 0) is 23.2 Å². The monoisotopic (exact) mass is 474 g/mol. The van der Waals surface area contributed by atoms with Crippen molar-refractivity contribution < 1.29 is 13.2 Å². The molecule has 0 aliphatic carbocycles. The van der Waals surface area contributed by atoms with E-state index < -0.39 is 10.0 Å².